The molecule has 170 valence electrons. The second-order valence-electron chi connectivity index (χ2n) is 8.41. The molecule has 0 unspecified atom stereocenters. The molecule has 2 aliphatic rings. The standard InChI is InChI=1S/C24H27Cl2FN4O/c1-16-22(24(32)29-30-13-5-3-2-4-6-14-30)28-31(21-12-9-18(25)15-20(21)26)23(16)17-7-10-19(27)11-8-17/h7-12,15-16,23H,2-6,13-14H2,1H3,(H,29,32)/t16-,23+/m1/s1. The fraction of sp³-hybridized carbons (Fsp3) is 0.417. The van der Waals surface area contributed by atoms with Gasteiger partial charge >= 0.3 is 0 Å². The van der Waals surface area contributed by atoms with Crippen molar-refractivity contribution in [1.29, 1.82) is 0 Å². The van der Waals surface area contributed by atoms with E-state index < -0.39 is 0 Å². The molecule has 1 amide bonds. The first-order chi connectivity index (χ1) is 15.4. The van der Waals surface area contributed by atoms with Gasteiger partial charge in [-0.15, -0.1) is 0 Å². The van der Waals surface area contributed by atoms with Crippen LogP contribution in [0.2, 0.25) is 10.0 Å². The number of halogens is 3. The van der Waals surface area contributed by atoms with Gasteiger partial charge in [-0.05, 0) is 48.7 Å². The van der Waals surface area contributed by atoms with E-state index in [-0.39, 0.29) is 23.7 Å². The van der Waals surface area contributed by atoms with E-state index in [1.165, 1.54) is 31.4 Å². The van der Waals surface area contributed by atoms with Crippen molar-refractivity contribution in [3.63, 3.8) is 0 Å². The van der Waals surface area contributed by atoms with Crippen LogP contribution in [0.15, 0.2) is 47.6 Å². The molecule has 1 N–H and O–H groups in total. The molecule has 2 heterocycles. The van der Waals surface area contributed by atoms with Crippen LogP contribution in [0.5, 0.6) is 0 Å². The Kier molecular flexibility index (Phi) is 7.33. The topological polar surface area (TPSA) is 47.9 Å². The lowest BCUT2D eigenvalue weighted by atomic mass is 9.91. The van der Waals surface area contributed by atoms with Crippen molar-refractivity contribution in [1.82, 2.24) is 10.4 Å². The van der Waals surface area contributed by atoms with Gasteiger partial charge in [0, 0.05) is 24.0 Å². The zero-order chi connectivity index (χ0) is 22.7. The number of hydrazine groups is 1. The first-order valence-electron chi connectivity index (χ1n) is 11.1. The van der Waals surface area contributed by atoms with Crippen LogP contribution >= 0.6 is 23.2 Å². The molecule has 2 atom stereocenters. The summed E-state index contributed by atoms with van der Waals surface area (Å²) in [6.07, 6.45) is 5.74. The average molecular weight is 477 g/mol. The molecule has 1 fully saturated rings. The van der Waals surface area contributed by atoms with Crippen molar-refractivity contribution in [2.45, 2.75) is 45.1 Å². The van der Waals surface area contributed by atoms with Crippen molar-refractivity contribution in [2.24, 2.45) is 11.0 Å². The van der Waals surface area contributed by atoms with Crippen molar-refractivity contribution in [3.05, 3.63) is 63.9 Å². The summed E-state index contributed by atoms with van der Waals surface area (Å²) in [5.41, 5.74) is 4.98. The highest BCUT2D eigenvalue weighted by Crippen LogP contribution is 2.42. The summed E-state index contributed by atoms with van der Waals surface area (Å²) in [7, 11) is 0. The SMILES string of the molecule is C[C@@H]1C(C(=O)NN2CCCCCCC2)=NN(c2ccc(Cl)cc2Cl)[C@@H]1c1ccc(F)cc1. The Morgan fingerprint density at radius 3 is 2.34 bits per heavy atom. The Hall–Kier alpha value is -2.15. The molecule has 0 radical (unpaired) electrons. The van der Waals surface area contributed by atoms with Gasteiger partial charge in [-0.3, -0.25) is 15.2 Å². The van der Waals surface area contributed by atoms with E-state index >= 15 is 0 Å². The first-order valence-corrected chi connectivity index (χ1v) is 11.8. The Labute approximate surface area is 198 Å². The molecule has 8 heteroatoms. The summed E-state index contributed by atoms with van der Waals surface area (Å²) < 4.78 is 13.6. The molecular formula is C24H27Cl2FN4O. The predicted molar refractivity (Wildman–Crippen MR) is 127 cm³/mol. The molecule has 0 spiro atoms. The van der Waals surface area contributed by atoms with E-state index in [9.17, 15) is 9.18 Å². The molecule has 0 saturated carbocycles. The number of hydrogen-bond donors (Lipinski definition) is 1. The lowest BCUT2D eigenvalue weighted by molar-refractivity contribution is -0.119. The Morgan fingerprint density at radius 2 is 1.69 bits per heavy atom. The van der Waals surface area contributed by atoms with E-state index in [2.05, 4.69) is 5.43 Å². The van der Waals surface area contributed by atoms with Crippen LogP contribution in [0.1, 0.15) is 50.6 Å². The van der Waals surface area contributed by atoms with Crippen LogP contribution in [0.4, 0.5) is 10.1 Å². The summed E-state index contributed by atoms with van der Waals surface area (Å²) >= 11 is 12.6. The number of rotatable bonds is 4. The Morgan fingerprint density at radius 1 is 1.03 bits per heavy atom. The molecule has 4 rings (SSSR count). The third-order valence-electron chi connectivity index (χ3n) is 6.10. The minimum absolute atomic E-state index is 0.210. The van der Waals surface area contributed by atoms with E-state index in [0.717, 1.165) is 31.5 Å². The molecular weight excluding hydrogens is 450 g/mol. The van der Waals surface area contributed by atoms with Gasteiger partial charge in [-0.25, -0.2) is 9.40 Å². The summed E-state index contributed by atoms with van der Waals surface area (Å²) in [6.45, 7) is 3.63. The maximum atomic E-state index is 13.6. The number of benzene rings is 2. The summed E-state index contributed by atoms with van der Waals surface area (Å²) in [4.78, 5) is 13.2. The largest absolute Gasteiger partial charge is 0.284 e. The molecule has 0 aromatic heterocycles. The van der Waals surface area contributed by atoms with Gasteiger partial charge in [0.15, 0.2) is 0 Å². The average Bonchev–Trinajstić information content (AvgIpc) is 3.07. The summed E-state index contributed by atoms with van der Waals surface area (Å²) in [5.74, 6) is -0.758. The van der Waals surface area contributed by atoms with Crippen molar-refractivity contribution < 1.29 is 9.18 Å². The van der Waals surface area contributed by atoms with Gasteiger partial charge in [0.2, 0.25) is 0 Å². The van der Waals surface area contributed by atoms with Crippen molar-refractivity contribution in [2.75, 3.05) is 18.1 Å². The molecule has 2 aromatic rings. The molecule has 0 bridgehead atoms. The van der Waals surface area contributed by atoms with Gasteiger partial charge in [0.25, 0.3) is 5.91 Å². The quantitative estimate of drug-likeness (QED) is 0.589. The second kappa shape index (κ2) is 10.2. The predicted octanol–water partition coefficient (Wildman–Crippen LogP) is 5.98. The number of hydrogen-bond acceptors (Lipinski definition) is 4. The van der Waals surface area contributed by atoms with E-state index in [1.807, 2.05) is 11.9 Å². The number of anilines is 1. The lowest BCUT2D eigenvalue weighted by Crippen LogP contribution is -2.47. The number of nitrogens with zero attached hydrogens (tertiary/aromatic N) is 3. The smallest absolute Gasteiger partial charge is 0.282 e. The van der Waals surface area contributed by atoms with Crippen LogP contribution in [-0.4, -0.2) is 29.7 Å². The number of carbonyl (C=O) groups is 1. The minimum Gasteiger partial charge on any atom is -0.284 e. The number of hydrazone groups is 1. The molecule has 5 nitrogen and oxygen atoms in total. The van der Waals surface area contributed by atoms with Gasteiger partial charge in [-0.2, -0.15) is 5.10 Å². The van der Waals surface area contributed by atoms with Gasteiger partial charge < -0.3 is 0 Å². The Bertz CT molecular complexity index is 990. The van der Waals surface area contributed by atoms with Crippen LogP contribution in [0, 0.1) is 11.7 Å². The molecule has 2 aliphatic heterocycles. The van der Waals surface area contributed by atoms with Crippen LogP contribution in [0.3, 0.4) is 0 Å². The summed E-state index contributed by atoms with van der Waals surface area (Å²) in [5, 5.41) is 9.41. The normalized spacial score (nSPS) is 22.2. The van der Waals surface area contributed by atoms with E-state index in [0.29, 0.717) is 21.4 Å². The highest BCUT2D eigenvalue weighted by Gasteiger charge is 2.40. The third kappa shape index (κ3) is 5.08. The van der Waals surface area contributed by atoms with Gasteiger partial charge in [-0.1, -0.05) is 61.5 Å². The second-order valence-corrected chi connectivity index (χ2v) is 9.25. The number of carbonyl (C=O) groups excluding carboxylic acids is 1. The van der Waals surface area contributed by atoms with Gasteiger partial charge in [0.05, 0.1) is 16.8 Å². The number of amides is 1. The number of nitrogens with one attached hydrogen (secondary N) is 1. The fourth-order valence-corrected chi connectivity index (χ4v) is 4.90. The molecule has 1 saturated heterocycles. The maximum absolute atomic E-state index is 13.6. The Balaban J connectivity index is 1.64. The lowest BCUT2D eigenvalue weighted by Gasteiger charge is -2.28. The van der Waals surface area contributed by atoms with Crippen molar-refractivity contribution in [3.8, 4) is 0 Å². The molecule has 0 aliphatic carbocycles. The minimum atomic E-state index is -0.313. The molecule has 32 heavy (non-hydrogen) atoms. The molecule has 2 aromatic carbocycles. The van der Waals surface area contributed by atoms with E-state index in [4.69, 9.17) is 28.3 Å². The van der Waals surface area contributed by atoms with Crippen LogP contribution in [0.25, 0.3) is 0 Å². The summed E-state index contributed by atoms with van der Waals surface area (Å²) in [6, 6.07) is 11.2. The third-order valence-corrected chi connectivity index (χ3v) is 6.64. The van der Waals surface area contributed by atoms with Crippen LogP contribution in [-0.2, 0) is 4.79 Å². The fourth-order valence-electron chi connectivity index (χ4n) is 4.40. The highest BCUT2D eigenvalue weighted by molar-refractivity contribution is 6.41. The van der Waals surface area contributed by atoms with E-state index in [1.54, 1.807) is 35.3 Å². The van der Waals surface area contributed by atoms with Gasteiger partial charge in [0.1, 0.15) is 11.5 Å². The van der Waals surface area contributed by atoms with Crippen molar-refractivity contribution >= 4 is 40.5 Å². The zero-order valence-corrected chi connectivity index (χ0v) is 19.5. The maximum Gasteiger partial charge on any atom is 0.282 e. The first kappa shape index (κ1) is 23.0. The monoisotopic (exact) mass is 476 g/mol. The highest BCUT2D eigenvalue weighted by atomic mass is 35.5. The zero-order valence-electron chi connectivity index (χ0n) is 18.0. The van der Waals surface area contributed by atoms with Crippen LogP contribution < -0.4 is 10.4 Å².